The highest BCUT2D eigenvalue weighted by Gasteiger charge is 2.03. The minimum Gasteiger partial charge on any atom is -0.505 e. The molecule has 18 heavy (non-hydrogen) atoms. The molecule has 0 aliphatic rings. The number of rotatable bonds is 3. The molecular formula is C13H10BrClFNO. The van der Waals surface area contributed by atoms with Crippen LogP contribution < -0.4 is 5.32 Å². The maximum absolute atomic E-state index is 13.1. The fourth-order valence-electron chi connectivity index (χ4n) is 1.49. The first-order valence-electron chi connectivity index (χ1n) is 5.22. The van der Waals surface area contributed by atoms with Crippen LogP contribution in [0.3, 0.4) is 0 Å². The highest BCUT2D eigenvalue weighted by atomic mass is 79.9. The first-order valence-corrected chi connectivity index (χ1v) is 6.39. The van der Waals surface area contributed by atoms with Crippen LogP contribution in [-0.4, -0.2) is 5.11 Å². The molecule has 2 rings (SSSR count). The molecule has 0 bridgehead atoms. The van der Waals surface area contributed by atoms with Crippen molar-refractivity contribution < 1.29 is 9.50 Å². The van der Waals surface area contributed by atoms with Gasteiger partial charge in [0.1, 0.15) is 0 Å². The summed E-state index contributed by atoms with van der Waals surface area (Å²) >= 11 is 9.29. The van der Waals surface area contributed by atoms with Crippen LogP contribution in [0.25, 0.3) is 0 Å². The van der Waals surface area contributed by atoms with E-state index in [0.717, 1.165) is 15.7 Å². The van der Waals surface area contributed by atoms with E-state index in [4.69, 9.17) is 16.7 Å². The predicted molar refractivity (Wildman–Crippen MR) is 74.5 cm³/mol. The van der Waals surface area contributed by atoms with Gasteiger partial charge in [-0.3, -0.25) is 0 Å². The van der Waals surface area contributed by atoms with Crippen molar-refractivity contribution in [1.82, 2.24) is 0 Å². The Morgan fingerprint density at radius 3 is 2.72 bits per heavy atom. The molecule has 2 N–H and O–H groups in total. The molecule has 0 amide bonds. The Hall–Kier alpha value is -1.26. The van der Waals surface area contributed by atoms with Crippen LogP contribution in [0.1, 0.15) is 5.56 Å². The molecule has 0 saturated carbocycles. The van der Waals surface area contributed by atoms with Crippen LogP contribution >= 0.6 is 27.5 Å². The Kier molecular flexibility index (Phi) is 4.09. The lowest BCUT2D eigenvalue weighted by atomic mass is 10.2. The average Bonchev–Trinajstić information content (AvgIpc) is 2.34. The van der Waals surface area contributed by atoms with Crippen molar-refractivity contribution in [1.29, 1.82) is 0 Å². The zero-order valence-corrected chi connectivity index (χ0v) is 11.6. The highest BCUT2D eigenvalue weighted by molar-refractivity contribution is 9.10. The molecule has 0 unspecified atom stereocenters. The molecule has 0 fully saturated rings. The van der Waals surface area contributed by atoms with E-state index in [1.54, 1.807) is 18.2 Å². The van der Waals surface area contributed by atoms with Crippen LogP contribution in [-0.2, 0) is 6.54 Å². The van der Waals surface area contributed by atoms with Crippen molar-refractivity contribution in [2.75, 3.05) is 5.32 Å². The van der Waals surface area contributed by atoms with Gasteiger partial charge in [-0.05, 0) is 51.8 Å². The monoisotopic (exact) mass is 329 g/mol. The molecule has 0 aliphatic carbocycles. The van der Waals surface area contributed by atoms with E-state index in [2.05, 4.69) is 21.2 Å². The van der Waals surface area contributed by atoms with E-state index in [0.29, 0.717) is 11.6 Å². The summed E-state index contributed by atoms with van der Waals surface area (Å²) in [6.45, 7) is 0.441. The number of halogens is 3. The second-order valence-electron chi connectivity index (χ2n) is 3.76. The van der Waals surface area contributed by atoms with Gasteiger partial charge in [0.15, 0.2) is 11.6 Å². The summed E-state index contributed by atoms with van der Waals surface area (Å²) in [7, 11) is 0. The Morgan fingerprint density at radius 2 is 2.00 bits per heavy atom. The lowest BCUT2D eigenvalue weighted by Crippen LogP contribution is -2.00. The summed E-state index contributed by atoms with van der Waals surface area (Å²) in [6, 6.07) is 9.67. The zero-order chi connectivity index (χ0) is 13.1. The minimum atomic E-state index is -0.626. The molecule has 0 radical (unpaired) electrons. The average molecular weight is 331 g/mol. The lowest BCUT2D eigenvalue weighted by Gasteiger charge is -2.09. The van der Waals surface area contributed by atoms with E-state index in [-0.39, 0.29) is 5.75 Å². The third-order valence-corrected chi connectivity index (χ3v) is 3.35. The van der Waals surface area contributed by atoms with Gasteiger partial charge >= 0.3 is 0 Å². The molecule has 0 saturated heterocycles. The molecule has 0 atom stereocenters. The van der Waals surface area contributed by atoms with Gasteiger partial charge in [0, 0.05) is 16.0 Å². The van der Waals surface area contributed by atoms with Gasteiger partial charge in [0.2, 0.25) is 0 Å². The number of phenolic OH excluding ortho intramolecular Hbond substituents is 1. The molecule has 94 valence electrons. The Labute approximate surface area is 118 Å². The van der Waals surface area contributed by atoms with Crippen LogP contribution in [0.4, 0.5) is 10.1 Å². The van der Waals surface area contributed by atoms with Gasteiger partial charge in [-0.2, -0.15) is 0 Å². The summed E-state index contributed by atoms with van der Waals surface area (Å²) < 4.78 is 14.0. The number of nitrogens with one attached hydrogen (secondary N) is 1. The van der Waals surface area contributed by atoms with Crippen molar-refractivity contribution in [3.8, 4) is 5.75 Å². The van der Waals surface area contributed by atoms with Crippen LogP contribution in [0.2, 0.25) is 5.02 Å². The van der Waals surface area contributed by atoms with Crippen LogP contribution in [0, 0.1) is 5.82 Å². The quantitative estimate of drug-likeness (QED) is 0.864. The second-order valence-corrected chi connectivity index (χ2v) is 5.05. The summed E-state index contributed by atoms with van der Waals surface area (Å²) in [6.07, 6.45) is 0. The predicted octanol–water partition coefficient (Wildman–Crippen LogP) is 4.56. The van der Waals surface area contributed by atoms with E-state index >= 15 is 0 Å². The van der Waals surface area contributed by atoms with Crippen molar-refractivity contribution >= 4 is 33.2 Å². The largest absolute Gasteiger partial charge is 0.505 e. The molecule has 5 heteroatoms. The molecule has 0 aliphatic heterocycles. The molecule has 0 aromatic heterocycles. The standard InChI is InChI=1S/C13H10BrClFNO/c14-10-3-2-9(15)6-12(10)17-7-8-1-4-13(18)11(16)5-8/h1-6,17-18H,7H2. The van der Waals surface area contributed by atoms with Crippen LogP contribution in [0.15, 0.2) is 40.9 Å². The lowest BCUT2D eigenvalue weighted by molar-refractivity contribution is 0.432. The number of hydrogen-bond acceptors (Lipinski definition) is 2. The van der Waals surface area contributed by atoms with Gasteiger partial charge in [0.25, 0.3) is 0 Å². The van der Waals surface area contributed by atoms with Crippen molar-refractivity contribution in [3.05, 3.63) is 57.3 Å². The van der Waals surface area contributed by atoms with E-state index < -0.39 is 5.82 Å². The minimum absolute atomic E-state index is 0.345. The molecule has 2 nitrogen and oxygen atoms in total. The van der Waals surface area contributed by atoms with Gasteiger partial charge in [-0.15, -0.1) is 0 Å². The Balaban J connectivity index is 2.11. The van der Waals surface area contributed by atoms with Crippen molar-refractivity contribution in [2.24, 2.45) is 0 Å². The number of anilines is 1. The van der Waals surface area contributed by atoms with Gasteiger partial charge in [-0.1, -0.05) is 17.7 Å². The van der Waals surface area contributed by atoms with E-state index in [9.17, 15) is 4.39 Å². The van der Waals surface area contributed by atoms with Gasteiger partial charge in [0.05, 0.1) is 5.69 Å². The maximum atomic E-state index is 13.1. The van der Waals surface area contributed by atoms with E-state index in [1.807, 2.05) is 6.07 Å². The number of hydrogen-bond donors (Lipinski definition) is 2. The SMILES string of the molecule is Oc1ccc(CNc2cc(Cl)ccc2Br)cc1F. The number of aromatic hydroxyl groups is 1. The Bertz CT molecular complexity index is 577. The summed E-state index contributed by atoms with van der Waals surface area (Å²) in [5.74, 6) is -0.970. The summed E-state index contributed by atoms with van der Waals surface area (Å²) in [5.41, 5.74) is 1.56. The van der Waals surface area contributed by atoms with Crippen molar-refractivity contribution in [3.63, 3.8) is 0 Å². The smallest absolute Gasteiger partial charge is 0.165 e. The maximum Gasteiger partial charge on any atom is 0.165 e. The fourth-order valence-corrected chi connectivity index (χ4v) is 2.05. The van der Waals surface area contributed by atoms with Gasteiger partial charge in [-0.25, -0.2) is 4.39 Å². The molecule has 2 aromatic carbocycles. The molecule has 0 spiro atoms. The Morgan fingerprint density at radius 1 is 1.22 bits per heavy atom. The second kappa shape index (κ2) is 5.59. The molecule has 0 heterocycles. The fraction of sp³-hybridized carbons (Fsp3) is 0.0769. The first-order chi connectivity index (χ1) is 8.56. The number of phenols is 1. The topological polar surface area (TPSA) is 32.3 Å². The first kappa shape index (κ1) is 13.2. The third kappa shape index (κ3) is 3.15. The normalized spacial score (nSPS) is 10.4. The number of benzene rings is 2. The third-order valence-electron chi connectivity index (χ3n) is 2.42. The molecule has 2 aromatic rings. The van der Waals surface area contributed by atoms with Gasteiger partial charge < -0.3 is 10.4 Å². The summed E-state index contributed by atoms with van der Waals surface area (Å²) in [5, 5.41) is 12.8. The van der Waals surface area contributed by atoms with Crippen LogP contribution in [0.5, 0.6) is 5.75 Å². The molecular weight excluding hydrogens is 321 g/mol. The summed E-state index contributed by atoms with van der Waals surface area (Å²) in [4.78, 5) is 0. The van der Waals surface area contributed by atoms with E-state index in [1.165, 1.54) is 12.1 Å². The zero-order valence-electron chi connectivity index (χ0n) is 9.25. The van der Waals surface area contributed by atoms with Crippen molar-refractivity contribution in [2.45, 2.75) is 6.54 Å². The highest BCUT2D eigenvalue weighted by Crippen LogP contribution is 2.26.